The summed E-state index contributed by atoms with van der Waals surface area (Å²) in [6.07, 6.45) is 0. The maximum absolute atomic E-state index is 12.7. The van der Waals surface area contributed by atoms with Gasteiger partial charge in [0.1, 0.15) is 11.1 Å². The average Bonchev–Trinajstić information content (AvgIpc) is 3.15. The number of nitrogens with one attached hydrogen (secondary N) is 1. The third-order valence-electron chi connectivity index (χ3n) is 5.23. The Balaban J connectivity index is 1.49. The molecule has 0 bridgehead atoms. The molecule has 0 spiro atoms. The molecule has 0 aliphatic carbocycles. The third kappa shape index (κ3) is 4.75. The molecule has 1 aliphatic heterocycles. The number of ether oxygens (including phenoxy) is 1. The summed E-state index contributed by atoms with van der Waals surface area (Å²) >= 11 is 1.61. The molecule has 1 heterocycles. The first-order valence-corrected chi connectivity index (χ1v) is 11.1. The summed E-state index contributed by atoms with van der Waals surface area (Å²) < 4.78 is 5.34. The highest BCUT2D eigenvalue weighted by Crippen LogP contribution is 2.39. The number of nitrogens with zero attached hydrogens (tertiary/aromatic N) is 1. The van der Waals surface area contributed by atoms with Crippen LogP contribution in [0.4, 0.5) is 5.69 Å². The lowest BCUT2D eigenvalue weighted by atomic mass is 10.1. The number of rotatable bonds is 6. The molecule has 6 heteroatoms. The SMILES string of the molecule is COc1ccc(C)cc1NC(=O)c1ccc([C@@H]2SCC(=O)N2Cc2ccccc2)cc1. The Kier molecular flexibility index (Phi) is 6.28. The molecule has 1 N–H and O–H groups in total. The van der Waals surface area contributed by atoms with Crippen LogP contribution in [0.25, 0.3) is 0 Å². The molecule has 0 aromatic heterocycles. The Bertz CT molecular complexity index is 1080. The van der Waals surface area contributed by atoms with Crippen LogP contribution in [0.3, 0.4) is 0 Å². The van der Waals surface area contributed by atoms with E-state index in [1.54, 1.807) is 31.0 Å². The number of hydrogen-bond donors (Lipinski definition) is 1. The maximum Gasteiger partial charge on any atom is 0.255 e. The summed E-state index contributed by atoms with van der Waals surface area (Å²) in [5.41, 5.74) is 4.34. The molecule has 3 aromatic rings. The van der Waals surface area contributed by atoms with Gasteiger partial charge in [-0.1, -0.05) is 48.5 Å². The fourth-order valence-corrected chi connectivity index (χ4v) is 4.78. The molecular formula is C25H24N2O3S. The molecule has 158 valence electrons. The zero-order chi connectivity index (χ0) is 21.8. The number of carbonyl (C=O) groups excluding carboxylic acids is 2. The second-order valence-electron chi connectivity index (χ2n) is 7.45. The number of anilines is 1. The van der Waals surface area contributed by atoms with E-state index in [1.165, 1.54) is 0 Å². The van der Waals surface area contributed by atoms with Gasteiger partial charge in [0.25, 0.3) is 5.91 Å². The lowest BCUT2D eigenvalue weighted by Gasteiger charge is -2.24. The van der Waals surface area contributed by atoms with Gasteiger partial charge < -0.3 is 15.0 Å². The topological polar surface area (TPSA) is 58.6 Å². The van der Waals surface area contributed by atoms with Gasteiger partial charge in [-0.3, -0.25) is 9.59 Å². The van der Waals surface area contributed by atoms with Crippen molar-refractivity contribution >= 4 is 29.3 Å². The quantitative estimate of drug-likeness (QED) is 0.594. The first-order valence-electron chi connectivity index (χ1n) is 10.1. The zero-order valence-electron chi connectivity index (χ0n) is 17.5. The summed E-state index contributed by atoms with van der Waals surface area (Å²) in [6, 6.07) is 23.1. The van der Waals surface area contributed by atoms with Crippen molar-refractivity contribution in [2.24, 2.45) is 0 Å². The standard InChI is InChI=1S/C25H24N2O3S/c1-17-8-13-22(30-2)21(14-17)26-24(29)19-9-11-20(12-10-19)25-27(23(28)16-31-25)15-18-6-4-3-5-7-18/h3-14,25H,15-16H2,1-2H3,(H,26,29)/t25-/m0/s1. The highest BCUT2D eigenvalue weighted by Gasteiger charge is 2.32. The molecule has 1 aliphatic rings. The summed E-state index contributed by atoms with van der Waals surface area (Å²) in [5.74, 6) is 1.01. The molecule has 1 saturated heterocycles. The van der Waals surface area contributed by atoms with E-state index < -0.39 is 0 Å². The van der Waals surface area contributed by atoms with E-state index in [0.717, 1.165) is 16.7 Å². The minimum atomic E-state index is -0.202. The minimum absolute atomic E-state index is 0.0540. The van der Waals surface area contributed by atoms with E-state index in [0.29, 0.717) is 29.3 Å². The van der Waals surface area contributed by atoms with Gasteiger partial charge >= 0.3 is 0 Å². The van der Waals surface area contributed by atoms with E-state index in [1.807, 2.05) is 72.5 Å². The average molecular weight is 433 g/mol. The number of carbonyl (C=O) groups is 2. The number of thioether (sulfide) groups is 1. The molecule has 1 fully saturated rings. The normalized spacial score (nSPS) is 15.7. The first-order chi connectivity index (χ1) is 15.0. The number of aryl methyl sites for hydroxylation is 1. The number of benzene rings is 3. The monoisotopic (exact) mass is 432 g/mol. The Morgan fingerprint density at radius 1 is 1.10 bits per heavy atom. The van der Waals surface area contributed by atoms with Crippen molar-refractivity contribution < 1.29 is 14.3 Å². The van der Waals surface area contributed by atoms with Crippen LogP contribution >= 0.6 is 11.8 Å². The second kappa shape index (κ2) is 9.27. The van der Waals surface area contributed by atoms with E-state index in [-0.39, 0.29) is 17.2 Å². The van der Waals surface area contributed by atoms with Crippen molar-refractivity contribution in [2.75, 3.05) is 18.2 Å². The molecule has 0 radical (unpaired) electrons. The van der Waals surface area contributed by atoms with E-state index in [2.05, 4.69) is 5.32 Å². The van der Waals surface area contributed by atoms with E-state index >= 15 is 0 Å². The summed E-state index contributed by atoms with van der Waals surface area (Å²) in [7, 11) is 1.58. The van der Waals surface area contributed by atoms with Crippen molar-refractivity contribution in [2.45, 2.75) is 18.8 Å². The van der Waals surface area contributed by atoms with Gasteiger partial charge in [-0.25, -0.2) is 0 Å². The Morgan fingerprint density at radius 2 is 1.84 bits per heavy atom. The molecule has 0 saturated carbocycles. The van der Waals surface area contributed by atoms with Crippen molar-refractivity contribution in [3.05, 3.63) is 95.1 Å². The second-order valence-corrected chi connectivity index (χ2v) is 8.52. The van der Waals surface area contributed by atoms with Crippen LogP contribution in [0.1, 0.15) is 32.4 Å². The molecule has 0 unspecified atom stereocenters. The van der Waals surface area contributed by atoms with Gasteiger partial charge in [0.2, 0.25) is 5.91 Å². The fraction of sp³-hybridized carbons (Fsp3) is 0.200. The Morgan fingerprint density at radius 3 is 2.55 bits per heavy atom. The maximum atomic E-state index is 12.7. The first kappa shape index (κ1) is 21.0. The fourth-order valence-electron chi connectivity index (χ4n) is 3.59. The Hall–Kier alpha value is -3.25. The van der Waals surface area contributed by atoms with Crippen LogP contribution in [0.5, 0.6) is 5.75 Å². The van der Waals surface area contributed by atoms with Crippen LogP contribution in [0.2, 0.25) is 0 Å². The van der Waals surface area contributed by atoms with Crippen LogP contribution in [-0.4, -0.2) is 29.6 Å². The van der Waals surface area contributed by atoms with Crippen molar-refractivity contribution in [3.8, 4) is 5.75 Å². The molecule has 4 rings (SSSR count). The van der Waals surface area contributed by atoms with Gasteiger partial charge in [-0.15, -0.1) is 11.8 Å². The van der Waals surface area contributed by atoms with Crippen LogP contribution in [0, 0.1) is 6.92 Å². The van der Waals surface area contributed by atoms with Crippen molar-refractivity contribution in [1.82, 2.24) is 4.90 Å². The van der Waals surface area contributed by atoms with Gasteiger partial charge in [0, 0.05) is 12.1 Å². The van der Waals surface area contributed by atoms with E-state index in [9.17, 15) is 9.59 Å². The third-order valence-corrected chi connectivity index (χ3v) is 6.48. The number of amides is 2. The molecule has 3 aromatic carbocycles. The molecule has 1 atom stereocenters. The molecule has 2 amide bonds. The predicted octanol–water partition coefficient (Wildman–Crippen LogP) is 5.03. The molecule has 31 heavy (non-hydrogen) atoms. The van der Waals surface area contributed by atoms with Crippen LogP contribution in [-0.2, 0) is 11.3 Å². The highest BCUT2D eigenvalue weighted by atomic mass is 32.2. The Labute approximate surface area is 186 Å². The summed E-state index contributed by atoms with van der Waals surface area (Å²) in [5, 5.41) is 2.87. The van der Waals surface area contributed by atoms with Gasteiger partial charge in [0.05, 0.1) is 18.6 Å². The predicted molar refractivity (Wildman–Crippen MR) is 124 cm³/mol. The van der Waals surface area contributed by atoms with Crippen molar-refractivity contribution in [1.29, 1.82) is 0 Å². The summed E-state index contributed by atoms with van der Waals surface area (Å²) in [6.45, 7) is 2.54. The zero-order valence-corrected chi connectivity index (χ0v) is 18.3. The largest absolute Gasteiger partial charge is 0.495 e. The van der Waals surface area contributed by atoms with Gasteiger partial charge in [0.15, 0.2) is 0 Å². The smallest absolute Gasteiger partial charge is 0.255 e. The molecular weight excluding hydrogens is 408 g/mol. The number of hydrogen-bond acceptors (Lipinski definition) is 4. The van der Waals surface area contributed by atoms with Crippen LogP contribution in [0.15, 0.2) is 72.8 Å². The van der Waals surface area contributed by atoms with Crippen LogP contribution < -0.4 is 10.1 Å². The minimum Gasteiger partial charge on any atom is -0.495 e. The van der Waals surface area contributed by atoms with Gasteiger partial charge in [-0.2, -0.15) is 0 Å². The lowest BCUT2D eigenvalue weighted by molar-refractivity contribution is -0.128. The molecule has 5 nitrogen and oxygen atoms in total. The lowest BCUT2D eigenvalue weighted by Crippen LogP contribution is -2.27. The van der Waals surface area contributed by atoms with E-state index in [4.69, 9.17) is 4.74 Å². The highest BCUT2D eigenvalue weighted by molar-refractivity contribution is 8.00. The van der Waals surface area contributed by atoms with Gasteiger partial charge in [-0.05, 0) is 47.9 Å². The summed E-state index contributed by atoms with van der Waals surface area (Å²) in [4.78, 5) is 27.1. The van der Waals surface area contributed by atoms with Crippen molar-refractivity contribution in [3.63, 3.8) is 0 Å². The number of methoxy groups -OCH3 is 1.